The Morgan fingerprint density at radius 2 is 2.09 bits per heavy atom. The zero-order chi connectivity index (χ0) is 23.6. The molecular weight excluding hydrogens is 422 g/mol. The number of nitrogens with zero attached hydrogens (tertiary/aromatic N) is 4. The van der Waals surface area contributed by atoms with E-state index in [1.807, 2.05) is 11.9 Å². The van der Waals surface area contributed by atoms with E-state index in [9.17, 15) is 15.0 Å². The van der Waals surface area contributed by atoms with Gasteiger partial charge >= 0.3 is 0 Å². The predicted molar refractivity (Wildman–Crippen MR) is 124 cm³/mol. The number of aromatic nitrogens is 3. The number of fused-ring (bicyclic) bond motifs is 1. The summed E-state index contributed by atoms with van der Waals surface area (Å²) in [5.74, 6) is 1.67. The molecule has 0 aromatic carbocycles. The molecule has 3 N–H and O–H groups in total. The first kappa shape index (κ1) is 23.4. The number of ether oxygens (including phenoxy) is 1. The summed E-state index contributed by atoms with van der Waals surface area (Å²) in [6.07, 6.45) is 6.37. The van der Waals surface area contributed by atoms with Crippen LogP contribution in [0.3, 0.4) is 0 Å². The number of carbonyl (C=O) groups excluding carboxylic acids is 1. The van der Waals surface area contributed by atoms with Crippen LogP contribution >= 0.6 is 0 Å². The van der Waals surface area contributed by atoms with E-state index in [2.05, 4.69) is 10.3 Å². The molecule has 2 atom stereocenters. The number of rotatable bonds is 8. The second-order valence-corrected chi connectivity index (χ2v) is 9.66. The fraction of sp³-hybridized carbons (Fsp3) is 0.583. The number of carbonyl (C=O) groups is 1. The van der Waals surface area contributed by atoms with E-state index in [0.717, 1.165) is 55.6 Å². The average molecular weight is 456 g/mol. The number of aliphatic hydroxyl groups is 2. The van der Waals surface area contributed by atoms with Gasteiger partial charge in [-0.3, -0.25) is 9.78 Å². The van der Waals surface area contributed by atoms with Crippen molar-refractivity contribution in [2.45, 2.75) is 70.1 Å². The molecule has 4 rings (SSSR count). The molecule has 2 aromatic heterocycles. The number of hydrogen-bond donors (Lipinski definition) is 3. The van der Waals surface area contributed by atoms with E-state index in [-0.39, 0.29) is 25.1 Å². The molecule has 0 aliphatic heterocycles. The monoisotopic (exact) mass is 455 g/mol. The Balaban J connectivity index is 1.54. The van der Waals surface area contributed by atoms with Crippen molar-refractivity contribution >= 4 is 11.7 Å². The summed E-state index contributed by atoms with van der Waals surface area (Å²) < 4.78 is 5.70. The largest absolute Gasteiger partial charge is 0.490 e. The SMILES string of the molecule is CN(CC(=O)N[C@@H]1CCC[C@@H]1O)c1nc(-c2cc(OCC(C)(C)O)ccn2)nc2c1CCC2. The van der Waals surface area contributed by atoms with Crippen molar-refractivity contribution in [3.05, 3.63) is 29.6 Å². The van der Waals surface area contributed by atoms with Crippen LogP contribution in [0.25, 0.3) is 11.5 Å². The van der Waals surface area contributed by atoms with Crippen molar-refractivity contribution in [3.8, 4) is 17.3 Å². The van der Waals surface area contributed by atoms with E-state index >= 15 is 0 Å². The van der Waals surface area contributed by atoms with Crippen LogP contribution in [0.1, 0.15) is 50.8 Å². The van der Waals surface area contributed by atoms with Crippen LogP contribution in [0.15, 0.2) is 18.3 Å². The smallest absolute Gasteiger partial charge is 0.239 e. The normalized spacial score (nSPS) is 19.9. The zero-order valence-electron chi connectivity index (χ0n) is 19.5. The van der Waals surface area contributed by atoms with Gasteiger partial charge in [-0.2, -0.15) is 0 Å². The van der Waals surface area contributed by atoms with Gasteiger partial charge in [-0.15, -0.1) is 0 Å². The molecule has 2 heterocycles. The maximum Gasteiger partial charge on any atom is 0.239 e. The average Bonchev–Trinajstić information content (AvgIpc) is 3.40. The van der Waals surface area contributed by atoms with E-state index in [4.69, 9.17) is 14.7 Å². The molecule has 0 unspecified atom stereocenters. The highest BCUT2D eigenvalue weighted by atomic mass is 16.5. The quantitative estimate of drug-likeness (QED) is 0.549. The third-order valence-electron chi connectivity index (χ3n) is 6.03. The fourth-order valence-corrected chi connectivity index (χ4v) is 4.38. The summed E-state index contributed by atoms with van der Waals surface area (Å²) in [7, 11) is 1.85. The van der Waals surface area contributed by atoms with E-state index < -0.39 is 11.7 Å². The molecule has 1 fully saturated rings. The molecule has 9 nitrogen and oxygen atoms in total. The molecule has 0 radical (unpaired) electrons. The van der Waals surface area contributed by atoms with Gasteiger partial charge in [0, 0.05) is 30.6 Å². The van der Waals surface area contributed by atoms with Gasteiger partial charge in [-0.05, 0) is 58.4 Å². The van der Waals surface area contributed by atoms with Crippen molar-refractivity contribution in [2.75, 3.05) is 25.1 Å². The van der Waals surface area contributed by atoms with Gasteiger partial charge in [0.25, 0.3) is 0 Å². The number of aliphatic hydroxyl groups excluding tert-OH is 1. The summed E-state index contributed by atoms with van der Waals surface area (Å²) in [6, 6.07) is 3.33. The van der Waals surface area contributed by atoms with Crippen molar-refractivity contribution < 1.29 is 19.7 Å². The Morgan fingerprint density at radius 1 is 1.27 bits per heavy atom. The first-order chi connectivity index (χ1) is 15.7. The Bertz CT molecular complexity index is 1010. The van der Waals surface area contributed by atoms with Crippen molar-refractivity contribution in [2.24, 2.45) is 0 Å². The van der Waals surface area contributed by atoms with Crippen LogP contribution in [0.2, 0.25) is 0 Å². The van der Waals surface area contributed by atoms with Crippen LogP contribution in [0.4, 0.5) is 5.82 Å². The first-order valence-corrected chi connectivity index (χ1v) is 11.6. The Kier molecular flexibility index (Phi) is 6.81. The van der Waals surface area contributed by atoms with Crippen LogP contribution in [0, 0.1) is 0 Å². The Hall–Kier alpha value is -2.78. The lowest BCUT2D eigenvalue weighted by atomic mass is 10.2. The fourth-order valence-electron chi connectivity index (χ4n) is 4.38. The van der Waals surface area contributed by atoms with Crippen molar-refractivity contribution in [3.63, 3.8) is 0 Å². The van der Waals surface area contributed by atoms with Gasteiger partial charge in [0.1, 0.15) is 23.9 Å². The van der Waals surface area contributed by atoms with E-state index in [1.165, 1.54) is 0 Å². The first-order valence-electron chi connectivity index (χ1n) is 11.6. The van der Waals surface area contributed by atoms with Crippen LogP contribution < -0.4 is 15.0 Å². The Morgan fingerprint density at radius 3 is 2.82 bits per heavy atom. The van der Waals surface area contributed by atoms with Gasteiger partial charge < -0.3 is 25.2 Å². The summed E-state index contributed by atoms with van der Waals surface area (Å²) in [5.41, 5.74) is 1.69. The van der Waals surface area contributed by atoms with E-state index in [0.29, 0.717) is 17.3 Å². The third-order valence-corrected chi connectivity index (χ3v) is 6.03. The second kappa shape index (κ2) is 9.61. The molecule has 33 heavy (non-hydrogen) atoms. The lowest BCUT2D eigenvalue weighted by Gasteiger charge is -2.23. The molecule has 178 valence electrons. The standard InChI is InChI=1S/C24H33N5O4/c1-24(2,32)14-33-15-10-11-25-19(12-15)22-27-17-7-4-6-16(17)23(28-22)29(3)13-21(31)26-18-8-5-9-20(18)30/h10-12,18,20,30,32H,4-9,13-14H2,1-3H3,(H,26,31)/t18-,20+/m1/s1. The van der Waals surface area contributed by atoms with Crippen molar-refractivity contribution in [1.82, 2.24) is 20.3 Å². The highest BCUT2D eigenvalue weighted by Gasteiger charge is 2.28. The number of pyridine rings is 1. The molecule has 2 aromatic rings. The molecular formula is C24H33N5O4. The number of aryl methyl sites for hydroxylation is 1. The highest BCUT2D eigenvalue weighted by molar-refractivity contribution is 5.81. The molecule has 0 spiro atoms. The highest BCUT2D eigenvalue weighted by Crippen LogP contribution is 2.31. The number of hydrogen-bond acceptors (Lipinski definition) is 8. The van der Waals surface area contributed by atoms with Gasteiger partial charge in [0.05, 0.1) is 24.3 Å². The maximum absolute atomic E-state index is 12.6. The zero-order valence-corrected chi connectivity index (χ0v) is 19.5. The van der Waals surface area contributed by atoms with E-state index in [1.54, 1.807) is 32.2 Å². The molecule has 2 aliphatic rings. The second-order valence-electron chi connectivity index (χ2n) is 9.66. The van der Waals surface area contributed by atoms with Gasteiger partial charge in [0.2, 0.25) is 5.91 Å². The lowest BCUT2D eigenvalue weighted by Crippen LogP contribution is -2.44. The molecule has 0 saturated heterocycles. The number of likely N-dealkylation sites (N-methyl/N-ethyl adjacent to an activating group) is 1. The molecule has 1 saturated carbocycles. The van der Waals surface area contributed by atoms with Gasteiger partial charge in [-0.25, -0.2) is 9.97 Å². The molecule has 0 bridgehead atoms. The molecule has 1 amide bonds. The summed E-state index contributed by atoms with van der Waals surface area (Å²) in [5, 5.41) is 22.9. The Labute approximate surface area is 194 Å². The van der Waals surface area contributed by atoms with Crippen LogP contribution in [-0.4, -0.2) is 69.0 Å². The molecule has 9 heteroatoms. The van der Waals surface area contributed by atoms with Crippen LogP contribution in [0.5, 0.6) is 5.75 Å². The van der Waals surface area contributed by atoms with Crippen LogP contribution in [-0.2, 0) is 17.6 Å². The van der Waals surface area contributed by atoms with Crippen molar-refractivity contribution in [1.29, 1.82) is 0 Å². The summed E-state index contributed by atoms with van der Waals surface area (Å²) in [4.78, 5) is 28.4. The maximum atomic E-state index is 12.6. The predicted octanol–water partition coefficient (Wildman–Crippen LogP) is 1.64. The minimum absolute atomic E-state index is 0.129. The van der Waals surface area contributed by atoms with Gasteiger partial charge in [-0.1, -0.05) is 0 Å². The topological polar surface area (TPSA) is 121 Å². The lowest BCUT2D eigenvalue weighted by molar-refractivity contribution is -0.121. The van der Waals surface area contributed by atoms with Gasteiger partial charge in [0.15, 0.2) is 5.82 Å². The minimum atomic E-state index is -0.946. The number of anilines is 1. The summed E-state index contributed by atoms with van der Waals surface area (Å²) in [6.45, 7) is 3.67. The number of amides is 1. The minimum Gasteiger partial charge on any atom is -0.490 e. The number of nitrogens with one attached hydrogen (secondary N) is 1. The molecule has 2 aliphatic carbocycles. The summed E-state index contributed by atoms with van der Waals surface area (Å²) >= 11 is 0. The third kappa shape index (κ3) is 5.78.